The van der Waals surface area contributed by atoms with E-state index in [1.165, 1.54) is 37.6 Å². The van der Waals surface area contributed by atoms with E-state index in [4.69, 9.17) is 14.9 Å². The molecule has 2 aromatic rings. The summed E-state index contributed by atoms with van der Waals surface area (Å²) in [6.45, 7) is 1.79. The first-order valence-corrected chi connectivity index (χ1v) is 6.72. The Hall–Kier alpha value is -3.15. The number of carbonyl (C=O) groups excluding carboxylic acids is 2. The molecule has 0 radical (unpaired) electrons. The van der Waals surface area contributed by atoms with Crippen molar-refractivity contribution in [3.05, 3.63) is 59.2 Å². The van der Waals surface area contributed by atoms with Crippen LogP contribution in [0.5, 0.6) is 11.5 Å². The normalized spacial score (nSPS) is 9.83. The van der Waals surface area contributed by atoms with Crippen molar-refractivity contribution < 1.29 is 23.8 Å². The van der Waals surface area contributed by atoms with Crippen LogP contribution in [-0.4, -0.2) is 25.4 Å². The van der Waals surface area contributed by atoms with Crippen LogP contribution in [0.15, 0.2) is 42.5 Å². The maximum absolute atomic E-state index is 12.1. The summed E-state index contributed by atoms with van der Waals surface area (Å²) in [5.41, 5.74) is 1.80. The molecule has 6 heteroatoms. The second-order valence-corrected chi connectivity index (χ2v) is 4.64. The summed E-state index contributed by atoms with van der Waals surface area (Å²) in [7, 11) is 1.21. The first kappa shape index (κ1) is 16.2. The van der Waals surface area contributed by atoms with E-state index in [9.17, 15) is 9.59 Å². The zero-order valence-corrected chi connectivity index (χ0v) is 12.7. The highest BCUT2D eigenvalue weighted by molar-refractivity contribution is 5.91. The van der Waals surface area contributed by atoms with Gasteiger partial charge >= 0.3 is 12.1 Å². The smallest absolute Gasteiger partial charge is 0.437 e. The molecule has 23 heavy (non-hydrogen) atoms. The average molecular weight is 313 g/mol. The van der Waals surface area contributed by atoms with Gasteiger partial charge in [-0.25, -0.2) is 9.59 Å². The van der Waals surface area contributed by atoms with E-state index in [1.54, 1.807) is 25.1 Å². The van der Waals surface area contributed by atoms with E-state index in [-0.39, 0.29) is 5.75 Å². The maximum Gasteiger partial charge on any atom is 0.513 e. The number of methoxy groups -OCH3 is 1. The molecule has 2 aromatic carbocycles. The molecule has 0 unspecified atom stereocenters. The second-order valence-electron chi connectivity index (χ2n) is 4.64. The van der Waals surface area contributed by atoms with Gasteiger partial charge in [-0.05, 0) is 60.5 Å². The van der Waals surface area contributed by atoms with E-state index >= 15 is 0 Å². The van der Waals surface area contributed by atoms with Crippen LogP contribution in [0.4, 0.5) is 4.79 Å². The van der Waals surface area contributed by atoms with Gasteiger partial charge in [0.1, 0.15) is 11.5 Å². The van der Waals surface area contributed by atoms with Crippen LogP contribution in [0.25, 0.3) is 0 Å². The largest absolute Gasteiger partial charge is 0.513 e. The lowest BCUT2D eigenvalue weighted by molar-refractivity contribution is 0.0733. The van der Waals surface area contributed by atoms with Crippen molar-refractivity contribution in [2.45, 2.75) is 6.92 Å². The highest BCUT2D eigenvalue weighted by atomic mass is 16.7. The average Bonchev–Trinajstić information content (AvgIpc) is 2.57. The molecule has 0 heterocycles. The van der Waals surface area contributed by atoms with Gasteiger partial charge in [-0.15, -0.1) is 0 Å². The number of rotatable bonds is 4. The molecular weight excluding hydrogens is 298 g/mol. The lowest BCUT2D eigenvalue weighted by atomic mass is 10.1. The van der Waals surface area contributed by atoms with Crippen LogP contribution in [0.3, 0.4) is 0 Å². The van der Waals surface area contributed by atoms with Gasteiger partial charge < -0.3 is 19.6 Å². The monoisotopic (exact) mass is 313 g/mol. The Morgan fingerprint density at radius 2 is 1.74 bits per heavy atom. The zero-order valence-electron chi connectivity index (χ0n) is 12.7. The van der Waals surface area contributed by atoms with Crippen LogP contribution in [0.1, 0.15) is 21.5 Å². The minimum absolute atomic E-state index is 0.264. The third-order valence-electron chi connectivity index (χ3n) is 3.03. The molecule has 6 nitrogen and oxygen atoms in total. The van der Waals surface area contributed by atoms with Crippen LogP contribution in [0, 0.1) is 12.3 Å². The Morgan fingerprint density at radius 1 is 1.04 bits per heavy atom. The second kappa shape index (κ2) is 7.22. The number of ether oxygens (including phenoxy) is 3. The van der Waals surface area contributed by atoms with Gasteiger partial charge in [0.25, 0.3) is 0 Å². The standard InChI is InChI=1S/C17H15NO5/c1-11-9-12(10-18)3-8-15(11)23-16(19)13-4-6-14(7-5-13)22-17(20)21-2/h3-10,18H,1-2H3. The van der Waals surface area contributed by atoms with Gasteiger partial charge in [-0.1, -0.05) is 0 Å². The van der Waals surface area contributed by atoms with Crippen LogP contribution < -0.4 is 9.47 Å². The Kier molecular flexibility index (Phi) is 5.09. The first-order valence-electron chi connectivity index (χ1n) is 6.72. The molecule has 0 aliphatic rings. The number of nitrogens with one attached hydrogen (secondary N) is 1. The van der Waals surface area contributed by atoms with Crippen LogP contribution in [-0.2, 0) is 4.74 Å². The van der Waals surface area contributed by atoms with Gasteiger partial charge in [-0.3, -0.25) is 0 Å². The van der Waals surface area contributed by atoms with Crippen molar-refractivity contribution in [3.63, 3.8) is 0 Å². The molecular formula is C17H15NO5. The SMILES string of the molecule is COC(=O)Oc1ccc(C(=O)Oc2ccc(C=N)cc2C)cc1. The van der Waals surface area contributed by atoms with Gasteiger partial charge in [0.2, 0.25) is 0 Å². The molecule has 0 aliphatic heterocycles. The summed E-state index contributed by atoms with van der Waals surface area (Å²) in [5.74, 6) is 0.163. The van der Waals surface area contributed by atoms with Crippen molar-refractivity contribution in [2.24, 2.45) is 0 Å². The molecule has 0 amide bonds. The fraction of sp³-hybridized carbons (Fsp3) is 0.118. The first-order chi connectivity index (χ1) is 11.0. The van der Waals surface area contributed by atoms with E-state index < -0.39 is 12.1 Å². The number of hydrogen-bond donors (Lipinski definition) is 1. The molecule has 118 valence electrons. The molecule has 0 saturated carbocycles. The minimum Gasteiger partial charge on any atom is -0.437 e. The predicted molar refractivity (Wildman–Crippen MR) is 83.5 cm³/mol. The number of hydrogen-bond acceptors (Lipinski definition) is 6. The third kappa shape index (κ3) is 4.16. The number of benzene rings is 2. The van der Waals surface area contributed by atoms with E-state index in [2.05, 4.69) is 4.74 Å². The van der Waals surface area contributed by atoms with Crippen molar-refractivity contribution in [2.75, 3.05) is 7.11 Å². The summed E-state index contributed by atoms with van der Waals surface area (Å²) >= 11 is 0. The Labute approximate surface area is 133 Å². The highest BCUT2D eigenvalue weighted by Gasteiger charge is 2.11. The van der Waals surface area contributed by atoms with E-state index in [0.29, 0.717) is 11.3 Å². The summed E-state index contributed by atoms with van der Waals surface area (Å²) in [6, 6.07) is 11.0. The van der Waals surface area contributed by atoms with Crippen molar-refractivity contribution in [3.8, 4) is 11.5 Å². The predicted octanol–water partition coefficient (Wildman–Crippen LogP) is 3.36. The molecule has 1 N–H and O–H groups in total. The molecule has 0 spiro atoms. The van der Waals surface area contributed by atoms with Gasteiger partial charge in [0, 0.05) is 6.21 Å². The Morgan fingerprint density at radius 3 is 2.30 bits per heavy atom. The Bertz CT molecular complexity index is 737. The summed E-state index contributed by atoms with van der Waals surface area (Å²) in [5, 5.41) is 7.19. The van der Waals surface area contributed by atoms with Crippen LogP contribution >= 0.6 is 0 Å². The van der Waals surface area contributed by atoms with Crippen LogP contribution in [0.2, 0.25) is 0 Å². The lowest BCUT2D eigenvalue weighted by Crippen LogP contribution is -2.10. The van der Waals surface area contributed by atoms with E-state index in [0.717, 1.165) is 11.1 Å². The molecule has 0 fully saturated rings. The zero-order chi connectivity index (χ0) is 16.8. The van der Waals surface area contributed by atoms with E-state index in [1.807, 2.05) is 0 Å². The fourth-order valence-electron chi connectivity index (χ4n) is 1.83. The molecule has 0 bridgehead atoms. The van der Waals surface area contributed by atoms with Crippen molar-refractivity contribution >= 4 is 18.3 Å². The molecule has 0 aromatic heterocycles. The fourth-order valence-corrected chi connectivity index (χ4v) is 1.83. The summed E-state index contributed by atoms with van der Waals surface area (Å²) < 4.78 is 14.5. The quantitative estimate of drug-likeness (QED) is 0.405. The highest BCUT2D eigenvalue weighted by Crippen LogP contribution is 2.20. The minimum atomic E-state index is -0.831. The third-order valence-corrected chi connectivity index (χ3v) is 3.03. The molecule has 0 saturated heterocycles. The lowest BCUT2D eigenvalue weighted by Gasteiger charge is -2.08. The van der Waals surface area contributed by atoms with Gasteiger partial charge in [-0.2, -0.15) is 0 Å². The summed E-state index contributed by atoms with van der Waals surface area (Å²) in [6.07, 6.45) is 0.390. The number of esters is 1. The molecule has 2 rings (SSSR count). The van der Waals surface area contributed by atoms with Crippen molar-refractivity contribution in [1.82, 2.24) is 0 Å². The van der Waals surface area contributed by atoms with Crippen molar-refractivity contribution in [1.29, 1.82) is 5.41 Å². The molecule has 0 aliphatic carbocycles. The maximum atomic E-state index is 12.1. The summed E-state index contributed by atoms with van der Waals surface area (Å²) in [4.78, 5) is 23.1. The topological polar surface area (TPSA) is 85.7 Å². The van der Waals surface area contributed by atoms with Gasteiger partial charge in [0.15, 0.2) is 0 Å². The number of carbonyl (C=O) groups is 2. The number of aryl methyl sites for hydroxylation is 1. The Balaban J connectivity index is 2.09. The van der Waals surface area contributed by atoms with Gasteiger partial charge in [0.05, 0.1) is 12.7 Å². The molecule has 0 atom stereocenters.